The van der Waals surface area contributed by atoms with Crippen LogP contribution in [0.25, 0.3) is 0 Å². The van der Waals surface area contributed by atoms with Crippen LogP contribution in [0.2, 0.25) is 0 Å². The Bertz CT molecular complexity index is 686. The van der Waals surface area contributed by atoms with Crippen molar-refractivity contribution in [3.63, 3.8) is 0 Å². The van der Waals surface area contributed by atoms with Gasteiger partial charge < -0.3 is 10.2 Å². The number of carbonyl (C=O) groups excluding carboxylic acids is 1. The maximum absolute atomic E-state index is 13.4. The van der Waals surface area contributed by atoms with E-state index in [0.29, 0.717) is 6.54 Å². The fourth-order valence-corrected chi connectivity index (χ4v) is 2.99. The van der Waals surface area contributed by atoms with Crippen LogP contribution in [0.4, 0.5) is 14.9 Å². The zero-order valence-corrected chi connectivity index (χ0v) is 12.6. The van der Waals surface area contributed by atoms with Crippen LogP contribution in [0.5, 0.6) is 0 Å². The molecule has 1 aliphatic rings. The lowest BCUT2D eigenvalue weighted by Gasteiger charge is -2.25. The van der Waals surface area contributed by atoms with Gasteiger partial charge in [0.25, 0.3) is 0 Å². The Hall–Kier alpha value is -2.36. The summed E-state index contributed by atoms with van der Waals surface area (Å²) < 4.78 is 13.4. The number of anilines is 1. The Labute approximate surface area is 129 Å². The molecule has 0 radical (unpaired) electrons. The molecule has 114 valence electrons. The van der Waals surface area contributed by atoms with Crippen LogP contribution in [-0.4, -0.2) is 17.5 Å². The summed E-state index contributed by atoms with van der Waals surface area (Å²) in [5.41, 5.74) is 2.74. The highest BCUT2D eigenvalue weighted by atomic mass is 19.1. The maximum atomic E-state index is 13.4. The summed E-state index contributed by atoms with van der Waals surface area (Å²) in [4.78, 5) is 14.3. The molecule has 1 fully saturated rings. The van der Waals surface area contributed by atoms with Crippen molar-refractivity contribution in [3.8, 4) is 0 Å². The third-order valence-corrected chi connectivity index (χ3v) is 4.02. The summed E-state index contributed by atoms with van der Waals surface area (Å²) in [6, 6.07) is 14.0. The highest BCUT2D eigenvalue weighted by Crippen LogP contribution is 2.32. The number of rotatable bonds is 2. The van der Waals surface area contributed by atoms with E-state index < -0.39 is 0 Å². The lowest BCUT2D eigenvalue weighted by atomic mass is 10.0. The molecule has 2 amide bonds. The minimum absolute atomic E-state index is 0.0551. The van der Waals surface area contributed by atoms with E-state index in [0.717, 1.165) is 29.7 Å². The number of likely N-dealkylation sites (tertiary alicyclic amines) is 1. The monoisotopic (exact) mass is 298 g/mol. The Kier molecular flexibility index (Phi) is 4.09. The third-order valence-electron chi connectivity index (χ3n) is 4.02. The van der Waals surface area contributed by atoms with Crippen LogP contribution in [0.3, 0.4) is 0 Å². The molecule has 1 saturated heterocycles. The average molecular weight is 298 g/mol. The zero-order valence-electron chi connectivity index (χ0n) is 12.6. The van der Waals surface area contributed by atoms with Crippen molar-refractivity contribution in [2.75, 3.05) is 11.9 Å². The van der Waals surface area contributed by atoms with E-state index in [9.17, 15) is 9.18 Å². The number of amides is 2. The van der Waals surface area contributed by atoms with E-state index in [1.807, 2.05) is 37.3 Å². The molecule has 1 aliphatic heterocycles. The van der Waals surface area contributed by atoms with Gasteiger partial charge in [0.1, 0.15) is 5.82 Å². The molecule has 22 heavy (non-hydrogen) atoms. The van der Waals surface area contributed by atoms with Crippen LogP contribution >= 0.6 is 0 Å². The van der Waals surface area contributed by atoms with Gasteiger partial charge in [-0.25, -0.2) is 9.18 Å². The quantitative estimate of drug-likeness (QED) is 0.869. The van der Waals surface area contributed by atoms with Crippen LogP contribution in [-0.2, 0) is 0 Å². The minimum Gasteiger partial charge on any atom is -0.317 e. The smallest absolute Gasteiger partial charge is 0.317 e. The van der Waals surface area contributed by atoms with Crippen molar-refractivity contribution in [3.05, 3.63) is 65.5 Å². The van der Waals surface area contributed by atoms with Crippen molar-refractivity contribution in [1.29, 1.82) is 0 Å². The molecule has 1 atom stereocenters. The second kappa shape index (κ2) is 6.18. The van der Waals surface area contributed by atoms with Crippen LogP contribution in [0, 0.1) is 12.7 Å². The fourth-order valence-electron chi connectivity index (χ4n) is 2.99. The predicted molar refractivity (Wildman–Crippen MR) is 85.3 cm³/mol. The summed E-state index contributed by atoms with van der Waals surface area (Å²) in [7, 11) is 0. The number of benzene rings is 2. The Balaban J connectivity index is 1.76. The highest BCUT2D eigenvalue weighted by Gasteiger charge is 2.30. The predicted octanol–water partition coefficient (Wildman–Crippen LogP) is 4.50. The largest absolute Gasteiger partial charge is 0.322 e. The van der Waals surface area contributed by atoms with Crippen molar-refractivity contribution in [1.82, 2.24) is 4.90 Å². The SMILES string of the molecule is Cc1cccc(NC(=O)N2CCC[C@@H]2c2cccc(F)c2)c1. The van der Waals surface area contributed by atoms with Gasteiger partial charge in [0.05, 0.1) is 6.04 Å². The molecule has 3 rings (SSSR count). The van der Waals surface area contributed by atoms with Gasteiger partial charge in [0.2, 0.25) is 0 Å². The molecule has 0 bridgehead atoms. The molecule has 0 unspecified atom stereocenters. The van der Waals surface area contributed by atoms with Gasteiger partial charge in [-0.05, 0) is 55.2 Å². The van der Waals surface area contributed by atoms with Gasteiger partial charge in [0.15, 0.2) is 0 Å². The standard InChI is InChI=1S/C18H19FN2O/c1-13-5-2-8-16(11-13)20-18(22)21-10-4-9-17(21)14-6-3-7-15(19)12-14/h2-3,5-8,11-12,17H,4,9-10H2,1H3,(H,20,22)/t17-/m1/s1. The first-order valence-corrected chi connectivity index (χ1v) is 7.53. The number of nitrogens with one attached hydrogen (secondary N) is 1. The van der Waals surface area contributed by atoms with E-state index in [2.05, 4.69) is 5.32 Å². The van der Waals surface area contributed by atoms with E-state index >= 15 is 0 Å². The van der Waals surface area contributed by atoms with Gasteiger partial charge in [-0.2, -0.15) is 0 Å². The summed E-state index contributed by atoms with van der Waals surface area (Å²) in [5, 5.41) is 2.93. The van der Waals surface area contributed by atoms with E-state index in [-0.39, 0.29) is 17.9 Å². The first-order chi connectivity index (χ1) is 10.6. The van der Waals surface area contributed by atoms with Gasteiger partial charge in [-0.3, -0.25) is 0 Å². The topological polar surface area (TPSA) is 32.3 Å². The van der Waals surface area contributed by atoms with Crippen LogP contribution < -0.4 is 5.32 Å². The molecule has 0 spiro atoms. The Morgan fingerprint density at radius 1 is 1.23 bits per heavy atom. The van der Waals surface area contributed by atoms with E-state index in [1.54, 1.807) is 11.0 Å². The third kappa shape index (κ3) is 3.11. The number of urea groups is 1. The van der Waals surface area contributed by atoms with Crippen molar-refractivity contribution >= 4 is 11.7 Å². The number of nitrogens with zero attached hydrogens (tertiary/aromatic N) is 1. The first kappa shape index (κ1) is 14.6. The van der Waals surface area contributed by atoms with Gasteiger partial charge in [0, 0.05) is 12.2 Å². The number of aryl methyl sites for hydroxylation is 1. The first-order valence-electron chi connectivity index (χ1n) is 7.53. The zero-order chi connectivity index (χ0) is 15.5. The summed E-state index contributed by atoms with van der Waals surface area (Å²) >= 11 is 0. The number of carbonyl (C=O) groups is 1. The maximum Gasteiger partial charge on any atom is 0.322 e. The van der Waals surface area contributed by atoms with Crippen LogP contribution in [0.1, 0.15) is 30.0 Å². The molecule has 4 heteroatoms. The van der Waals surface area contributed by atoms with Gasteiger partial charge >= 0.3 is 6.03 Å². The lowest BCUT2D eigenvalue weighted by Crippen LogP contribution is -2.34. The second-order valence-corrected chi connectivity index (χ2v) is 5.71. The number of hydrogen-bond donors (Lipinski definition) is 1. The molecule has 2 aromatic carbocycles. The van der Waals surface area contributed by atoms with E-state index in [4.69, 9.17) is 0 Å². The number of hydrogen-bond acceptors (Lipinski definition) is 1. The van der Waals surface area contributed by atoms with Gasteiger partial charge in [-0.15, -0.1) is 0 Å². The minimum atomic E-state index is -0.261. The van der Waals surface area contributed by atoms with E-state index in [1.165, 1.54) is 12.1 Å². The molecule has 1 heterocycles. The van der Waals surface area contributed by atoms with Crippen molar-refractivity contribution < 1.29 is 9.18 Å². The van der Waals surface area contributed by atoms with Crippen LogP contribution in [0.15, 0.2) is 48.5 Å². The number of halogens is 1. The summed E-state index contributed by atoms with van der Waals surface area (Å²) in [6.07, 6.45) is 1.80. The average Bonchev–Trinajstić information content (AvgIpc) is 2.97. The summed E-state index contributed by atoms with van der Waals surface area (Å²) in [5.74, 6) is -0.261. The molecule has 0 aliphatic carbocycles. The molecule has 0 aromatic heterocycles. The Morgan fingerprint density at radius 2 is 2.05 bits per heavy atom. The summed E-state index contributed by atoms with van der Waals surface area (Å²) in [6.45, 7) is 2.68. The molecule has 3 nitrogen and oxygen atoms in total. The normalized spacial score (nSPS) is 17.5. The lowest BCUT2D eigenvalue weighted by molar-refractivity contribution is 0.207. The molecule has 1 N–H and O–H groups in total. The molecule has 2 aromatic rings. The van der Waals surface area contributed by atoms with Crippen molar-refractivity contribution in [2.24, 2.45) is 0 Å². The second-order valence-electron chi connectivity index (χ2n) is 5.71. The molecular formula is C18H19FN2O. The molecule has 0 saturated carbocycles. The fraction of sp³-hybridized carbons (Fsp3) is 0.278. The highest BCUT2D eigenvalue weighted by molar-refractivity contribution is 5.89. The van der Waals surface area contributed by atoms with Crippen molar-refractivity contribution in [2.45, 2.75) is 25.8 Å². The molecular weight excluding hydrogens is 279 g/mol. The Morgan fingerprint density at radius 3 is 2.82 bits per heavy atom. The van der Waals surface area contributed by atoms with Gasteiger partial charge in [-0.1, -0.05) is 24.3 Å².